The molecule has 4 nitrogen and oxygen atoms in total. The molecule has 0 radical (unpaired) electrons. The summed E-state index contributed by atoms with van der Waals surface area (Å²) in [4.78, 5) is 0. The maximum absolute atomic E-state index is 12.2. The van der Waals surface area contributed by atoms with Gasteiger partial charge in [0.25, 0.3) is 0 Å². The summed E-state index contributed by atoms with van der Waals surface area (Å²) in [6.07, 6.45) is 5.10. The molecule has 5 heteroatoms. The molecule has 1 rings (SSSR count). The summed E-state index contributed by atoms with van der Waals surface area (Å²) in [6.45, 7) is 7.43. The quantitative estimate of drug-likeness (QED) is 0.408. The Morgan fingerprint density at radius 3 is 2.65 bits per heavy atom. The van der Waals surface area contributed by atoms with Gasteiger partial charge in [0.1, 0.15) is 5.75 Å². The third kappa shape index (κ3) is 6.90. The van der Waals surface area contributed by atoms with Crippen LogP contribution in [0.4, 0.5) is 0 Å². The largest absolute Gasteiger partial charge is 0.434 e. The first kappa shape index (κ1) is 17.0. The second-order valence-electron chi connectivity index (χ2n) is 4.33. The Hall–Kier alpha value is -1.09. The molecule has 1 unspecified atom stereocenters. The molecule has 0 saturated carbocycles. The first-order valence-electron chi connectivity index (χ1n) is 7.15. The van der Waals surface area contributed by atoms with Crippen LogP contribution in [-0.2, 0) is 4.57 Å². The Labute approximate surface area is 122 Å². The fourth-order valence-corrected chi connectivity index (χ4v) is 2.73. The zero-order chi connectivity index (χ0) is 14.6. The van der Waals surface area contributed by atoms with Crippen LogP contribution >= 0.6 is 8.18 Å². The molecule has 0 saturated heterocycles. The van der Waals surface area contributed by atoms with E-state index < -0.39 is 8.18 Å². The summed E-state index contributed by atoms with van der Waals surface area (Å²) in [7, 11) is -2.19. The lowest BCUT2D eigenvalue weighted by molar-refractivity contribution is 0.387. The van der Waals surface area contributed by atoms with E-state index in [-0.39, 0.29) is 0 Å². The molecule has 20 heavy (non-hydrogen) atoms. The number of hydrogen-bond acceptors (Lipinski definition) is 3. The van der Waals surface area contributed by atoms with Gasteiger partial charge >= 0.3 is 8.18 Å². The molecule has 0 heterocycles. The molecule has 0 aromatic heterocycles. The van der Waals surface area contributed by atoms with Crippen molar-refractivity contribution in [2.24, 2.45) is 0 Å². The highest BCUT2D eigenvalue weighted by Crippen LogP contribution is 2.30. The van der Waals surface area contributed by atoms with E-state index in [0.29, 0.717) is 5.75 Å². The normalized spacial score (nSPS) is 12.9. The molecule has 112 valence electrons. The van der Waals surface area contributed by atoms with Crippen LogP contribution < -0.4 is 9.84 Å². The Balaban J connectivity index is 2.34. The van der Waals surface area contributed by atoms with Gasteiger partial charge in [-0.25, -0.2) is 4.67 Å². The van der Waals surface area contributed by atoms with Crippen LogP contribution in [-0.4, -0.2) is 30.8 Å². The van der Waals surface area contributed by atoms with Crippen LogP contribution in [0.3, 0.4) is 0 Å². The van der Waals surface area contributed by atoms with Crippen molar-refractivity contribution in [3.8, 4) is 5.75 Å². The van der Waals surface area contributed by atoms with Gasteiger partial charge < -0.3 is 9.84 Å². The van der Waals surface area contributed by atoms with Gasteiger partial charge in [-0.05, 0) is 25.1 Å². The Morgan fingerprint density at radius 2 is 2.00 bits per heavy atom. The highest BCUT2D eigenvalue weighted by Gasteiger charge is 2.10. The molecule has 0 amide bonds. The van der Waals surface area contributed by atoms with Crippen molar-refractivity contribution in [2.45, 2.75) is 20.3 Å². The number of benzene rings is 1. The van der Waals surface area contributed by atoms with E-state index in [2.05, 4.69) is 24.4 Å². The molecule has 0 fully saturated rings. The van der Waals surface area contributed by atoms with Gasteiger partial charge in [0, 0.05) is 19.6 Å². The lowest BCUT2D eigenvalue weighted by Gasteiger charge is -2.19. The minimum Gasteiger partial charge on any atom is -0.434 e. The van der Waals surface area contributed by atoms with Gasteiger partial charge in [0.15, 0.2) is 0 Å². The van der Waals surface area contributed by atoms with Crippen molar-refractivity contribution in [3.05, 3.63) is 42.5 Å². The molecular weight excluding hydrogens is 271 g/mol. The Morgan fingerprint density at radius 1 is 1.25 bits per heavy atom. The predicted molar refractivity (Wildman–Crippen MR) is 85.6 cm³/mol. The smallest absolute Gasteiger partial charge is 0.307 e. The third-order valence-electron chi connectivity index (χ3n) is 2.83. The predicted octanol–water partition coefficient (Wildman–Crippen LogP) is 3.33. The van der Waals surface area contributed by atoms with Crippen molar-refractivity contribution in [3.63, 3.8) is 0 Å². The summed E-state index contributed by atoms with van der Waals surface area (Å²) < 4.78 is 19.5. The van der Waals surface area contributed by atoms with E-state index in [4.69, 9.17) is 4.52 Å². The Kier molecular flexibility index (Phi) is 9.05. The SMILES string of the molecule is CCNC/C=C\CCN(CC)[PH](=O)Oc1ccccc1. The van der Waals surface area contributed by atoms with Gasteiger partial charge in [0.2, 0.25) is 0 Å². The number of nitrogens with zero attached hydrogens (tertiary/aromatic N) is 1. The molecule has 1 aromatic rings. The van der Waals surface area contributed by atoms with E-state index in [1.54, 1.807) is 0 Å². The maximum Gasteiger partial charge on any atom is 0.307 e. The van der Waals surface area contributed by atoms with Gasteiger partial charge in [0.05, 0.1) is 0 Å². The zero-order valence-corrected chi connectivity index (χ0v) is 13.3. The lowest BCUT2D eigenvalue weighted by Crippen LogP contribution is -2.18. The zero-order valence-electron chi connectivity index (χ0n) is 12.3. The highest BCUT2D eigenvalue weighted by molar-refractivity contribution is 7.36. The molecule has 0 spiro atoms. The first-order valence-corrected chi connectivity index (χ1v) is 8.41. The molecule has 0 bridgehead atoms. The number of hydrogen-bond donors (Lipinski definition) is 1. The summed E-state index contributed by atoms with van der Waals surface area (Å²) >= 11 is 0. The molecule has 1 aromatic carbocycles. The van der Waals surface area contributed by atoms with Gasteiger partial charge in [-0.3, -0.25) is 4.57 Å². The standard InChI is InChI=1S/C15H25N2O2P/c1-3-16-13-9-6-10-14-17(4-2)20(18)19-15-11-7-5-8-12-15/h5-9,11-12,16,20H,3-4,10,13-14H2,1-2H3/b9-6-. The van der Waals surface area contributed by atoms with Crippen molar-refractivity contribution < 1.29 is 9.09 Å². The van der Waals surface area contributed by atoms with Gasteiger partial charge in [-0.2, -0.15) is 0 Å². The van der Waals surface area contributed by atoms with Crippen molar-refractivity contribution in [2.75, 3.05) is 26.2 Å². The summed E-state index contributed by atoms with van der Waals surface area (Å²) in [6, 6.07) is 9.32. The molecule has 0 aliphatic carbocycles. The second-order valence-corrected chi connectivity index (χ2v) is 5.70. The maximum atomic E-state index is 12.2. The second kappa shape index (κ2) is 10.7. The number of para-hydroxylation sites is 1. The van der Waals surface area contributed by atoms with Gasteiger partial charge in [-0.1, -0.05) is 44.2 Å². The van der Waals surface area contributed by atoms with E-state index in [9.17, 15) is 4.57 Å². The number of rotatable bonds is 10. The van der Waals surface area contributed by atoms with Crippen LogP contribution in [0.1, 0.15) is 20.3 Å². The fourth-order valence-electron chi connectivity index (χ4n) is 1.69. The molecular formula is C15H25N2O2P. The number of nitrogens with one attached hydrogen (secondary N) is 1. The summed E-state index contributed by atoms with van der Waals surface area (Å²) in [5, 5.41) is 3.23. The van der Waals surface area contributed by atoms with Crippen LogP contribution in [0, 0.1) is 0 Å². The monoisotopic (exact) mass is 296 g/mol. The molecule has 0 aliphatic heterocycles. The molecule has 0 aliphatic rings. The minimum absolute atomic E-state index is 0.664. The molecule has 1 atom stereocenters. The minimum atomic E-state index is -2.19. The van der Waals surface area contributed by atoms with E-state index in [0.717, 1.165) is 32.6 Å². The summed E-state index contributed by atoms with van der Waals surface area (Å²) in [5.74, 6) is 0.664. The van der Waals surface area contributed by atoms with Crippen LogP contribution in [0.5, 0.6) is 5.75 Å². The van der Waals surface area contributed by atoms with E-state index in [1.165, 1.54) is 0 Å². The first-order chi connectivity index (χ1) is 9.77. The van der Waals surface area contributed by atoms with Crippen molar-refractivity contribution in [1.82, 2.24) is 9.99 Å². The number of likely N-dealkylation sites (N-methyl/N-ethyl adjacent to an activating group) is 1. The van der Waals surface area contributed by atoms with E-state index in [1.807, 2.05) is 41.9 Å². The van der Waals surface area contributed by atoms with Crippen molar-refractivity contribution >= 4 is 8.18 Å². The highest BCUT2D eigenvalue weighted by atomic mass is 31.1. The average Bonchev–Trinajstić information content (AvgIpc) is 2.47. The van der Waals surface area contributed by atoms with Crippen LogP contribution in [0.2, 0.25) is 0 Å². The third-order valence-corrected chi connectivity index (χ3v) is 4.30. The van der Waals surface area contributed by atoms with Crippen LogP contribution in [0.15, 0.2) is 42.5 Å². The molecule has 1 N–H and O–H groups in total. The van der Waals surface area contributed by atoms with Gasteiger partial charge in [-0.15, -0.1) is 0 Å². The van der Waals surface area contributed by atoms with E-state index >= 15 is 0 Å². The average molecular weight is 296 g/mol. The Bertz CT molecular complexity index is 410. The topological polar surface area (TPSA) is 41.6 Å². The summed E-state index contributed by atoms with van der Waals surface area (Å²) in [5.41, 5.74) is 0. The fraction of sp³-hybridized carbons (Fsp3) is 0.467. The van der Waals surface area contributed by atoms with Crippen LogP contribution in [0.25, 0.3) is 0 Å². The lowest BCUT2D eigenvalue weighted by atomic mass is 10.3. The van der Waals surface area contributed by atoms with Crippen molar-refractivity contribution in [1.29, 1.82) is 0 Å².